The van der Waals surface area contributed by atoms with Gasteiger partial charge in [0, 0.05) is 5.56 Å². The number of halogens is 3. The van der Waals surface area contributed by atoms with Gasteiger partial charge in [-0.2, -0.15) is 13.2 Å². The summed E-state index contributed by atoms with van der Waals surface area (Å²) in [4.78, 5) is 23.1. The molecule has 2 atom stereocenters. The van der Waals surface area contributed by atoms with Crippen LogP contribution in [0.4, 0.5) is 13.2 Å². The fourth-order valence-electron chi connectivity index (χ4n) is 3.66. The number of aliphatic hydroxyl groups excluding tert-OH is 1. The molecule has 0 aliphatic rings. The number of rotatable bonds is 10. The fraction of sp³-hybridized carbons (Fsp3) is 0.286. The van der Waals surface area contributed by atoms with Crippen molar-refractivity contribution in [3.8, 4) is 16.9 Å². The predicted molar refractivity (Wildman–Crippen MR) is 134 cm³/mol. The molecule has 196 valence electrons. The highest BCUT2D eigenvalue weighted by molar-refractivity contribution is 5.94. The molecule has 2 amide bonds. The largest absolute Gasteiger partial charge is 0.486 e. The van der Waals surface area contributed by atoms with E-state index in [4.69, 9.17) is 10.5 Å². The number of carbonyl (C=O) groups excluding carboxylic acids is 2. The van der Waals surface area contributed by atoms with Crippen molar-refractivity contribution in [3.05, 3.63) is 89.5 Å². The first-order valence-electron chi connectivity index (χ1n) is 11.7. The van der Waals surface area contributed by atoms with Crippen LogP contribution in [0.25, 0.3) is 11.1 Å². The lowest BCUT2D eigenvalue weighted by molar-refractivity contribution is -0.137. The van der Waals surface area contributed by atoms with Crippen LogP contribution in [-0.4, -0.2) is 29.6 Å². The standard InChI is InChI=1S/C28H29F3N2O4/c1-17(2)15-25(37-23-13-9-21(10-14-23)27(36)33-16-24(34)26(32)35)20-5-3-18(4-6-20)19-7-11-22(12-8-19)28(29,30)31/h3-14,17,24-25,34H,15-16H2,1-2H3,(H2,32,35)(H,33,36)/t24-,25-/m0/s1. The Morgan fingerprint density at radius 2 is 1.46 bits per heavy atom. The van der Waals surface area contributed by atoms with Gasteiger partial charge < -0.3 is 20.9 Å². The smallest absolute Gasteiger partial charge is 0.416 e. The van der Waals surface area contributed by atoms with Gasteiger partial charge in [0.1, 0.15) is 18.0 Å². The third kappa shape index (κ3) is 7.82. The number of carbonyl (C=O) groups is 2. The van der Waals surface area contributed by atoms with E-state index in [1.165, 1.54) is 12.1 Å². The molecule has 3 aromatic rings. The number of aliphatic hydroxyl groups is 1. The lowest BCUT2D eigenvalue weighted by Crippen LogP contribution is -2.39. The Bertz CT molecular complexity index is 1190. The van der Waals surface area contributed by atoms with Crippen LogP contribution in [0, 0.1) is 5.92 Å². The molecule has 37 heavy (non-hydrogen) atoms. The van der Waals surface area contributed by atoms with Gasteiger partial charge in [-0.1, -0.05) is 50.2 Å². The second-order valence-electron chi connectivity index (χ2n) is 9.09. The lowest BCUT2D eigenvalue weighted by Gasteiger charge is -2.22. The van der Waals surface area contributed by atoms with E-state index in [9.17, 15) is 27.9 Å². The Labute approximate surface area is 213 Å². The number of ether oxygens (including phenoxy) is 1. The van der Waals surface area contributed by atoms with Gasteiger partial charge in [0.05, 0.1) is 12.1 Å². The van der Waals surface area contributed by atoms with E-state index in [1.807, 2.05) is 24.3 Å². The van der Waals surface area contributed by atoms with Gasteiger partial charge in [0.2, 0.25) is 5.91 Å². The average molecular weight is 515 g/mol. The van der Waals surface area contributed by atoms with Gasteiger partial charge in [-0.15, -0.1) is 0 Å². The molecule has 9 heteroatoms. The van der Waals surface area contributed by atoms with Crippen LogP contribution < -0.4 is 15.8 Å². The van der Waals surface area contributed by atoms with Gasteiger partial charge in [-0.3, -0.25) is 9.59 Å². The molecule has 0 heterocycles. The predicted octanol–water partition coefficient (Wildman–Crippen LogP) is 5.11. The molecule has 0 aliphatic heterocycles. The maximum absolute atomic E-state index is 12.8. The van der Waals surface area contributed by atoms with E-state index in [0.717, 1.165) is 23.3 Å². The van der Waals surface area contributed by atoms with E-state index in [2.05, 4.69) is 19.2 Å². The number of primary amides is 1. The van der Waals surface area contributed by atoms with Crippen molar-refractivity contribution >= 4 is 11.8 Å². The summed E-state index contributed by atoms with van der Waals surface area (Å²) in [7, 11) is 0. The Kier molecular flexibility index (Phi) is 8.94. The Balaban J connectivity index is 1.70. The van der Waals surface area contributed by atoms with Gasteiger partial charge in [0.25, 0.3) is 5.91 Å². The van der Waals surface area contributed by atoms with Crippen LogP contribution in [0.15, 0.2) is 72.8 Å². The summed E-state index contributed by atoms with van der Waals surface area (Å²) in [5, 5.41) is 11.9. The molecule has 0 radical (unpaired) electrons. The van der Waals surface area contributed by atoms with Gasteiger partial charge in [0.15, 0.2) is 0 Å². The summed E-state index contributed by atoms with van der Waals surface area (Å²) < 4.78 is 44.7. The zero-order chi connectivity index (χ0) is 27.2. The summed E-state index contributed by atoms with van der Waals surface area (Å²) in [6.07, 6.45) is -5.41. The van der Waals surface area contributed by atoms with Crippen LogP contribution in [0.5, 0.6) is 5.75 Å². The minimum Gasteiger partial charge on any atom is -0.486 e. The summed E-state index contributed by atoms with van der Waals surface area (Å²) >= 11 is 0. The van der Waals surface area contributed by atoms with Crippen LogP contribution in [0.2, 0.25) is 0 Å². The van der Waals surface area contributed by atoms with Gasteiger partial charge >= 0.3 is 6.18 Å². The maximum atomic E-state index is 12.8. The molecular weight excluding hydrogens is 485 g/mol. The van der Waals surface area contributed by atoms with Gasteiger partial charge in [-0.05, 0) is 65.4 Å². The SMILES string of the molecule is CC(C)C[C@H](Oc1ccc(C(=O)NC[C@H](O)C(N)=O)cc1)c1ccc(-c2ccc(C(F)(F)F)cc2)cc1. The third-order valence-corrected chi connectivity index (χ3v) is 5.69. The van der Waals surface area contributed by atoms with Crippen LogP contribution in [0.3, 0.4) is 0 Å². The lowest BCUT2D eigenvalue weighted by atomic mass is 9.96. The number of hydrogen-bond acceptors (Lipinski definition) is 4. The van der Waals surface area contributed by atoms with Crippen molar-refractivity contribution in [3.63, 3.8) is 0 Å². The third-order valence-electron chi connectivity index (χ3n) is 5.69. The number of nitrogens with one attached hydrogen (secondary N) is 1. The minimum absolute atomic E-state index is 0.285. The monoisotopic (exact) mass is 514 g/mol. The molecule has 0 aliphatic carbocycles. The first-order chi connectivity index (χ1) is 17.4. The molecule has 0 spiro atoms. The Morgan fingerprint density at radius 3 is 1.95 bits per heavy atom. The van der Waals surface area contributed by atoms with Crippen molar-refractivity contribution in [2.45, 2.75) is 38.7 Å². The van der Waals surface area contributed by atoms with Crippen molar-refractivity contribution in [2.75, 3.05) is 6.54 Å². The maximum Gasteiger partial charge on any atom is 0.416 e. The number of amides is 2. The molecule has 0 saturated carbocycles. The second kappa shape index (κ2) is 11.9. The molecule has 0 bridgehead atoms. The Morgan fingerprint density at radius 1 is 0.919 bits per heavy atom. The summed E-state index contributed by atoms with van der Waals surface area (Å²) in [6.45, 7) is 3.85. The highest BCUT2D eigenvalue weighted by Crippen LogP contribution is 2.32. The van der Waals surface area contributed by atoms with E-state index < -0.39 is 29.7 Å². The first kappa shape index (κ1) is 27.7. The molecule has 0 unspecified atom stereocenters. The normalized spacial score (nSPS) is 13.2. The molecular formula is C28H29F3N2O4. The molecule has 6 nitrogen and oxygen atoms in total. The van der Waals surface area contributed by atoms with Crippen LogP contribution in [-0.2, 0) is 11.0 Å². The molecule has 4 N–H and O–H groups in total. The van der Waals surface area contributed by atoms with E-state index in [0.29, 0.717) is 29.2 Å². The van der Waals surface area contributed by atoms with Crippen molar-refractivity contribution in [1.82, 2.24) is 5.32 Å². The summed E-state index contributed by atoms with van der Waals surface area (Å²) in [6, 6.07) is 19.0. The second-order valence-corrected chi connectivity index (χ2v) is 9.09. The molecule has 0 fully saturated rings. The number of nitrogens with two attached hydrogens (primary N) is 1. The average Bonchev–Trinajstić information content (AvgIpc) is 2.86. The quantitative estimate of drug-likeness (QED) is 0.350. The van der Waals surface area contributed by atoms with Crippen LogP contribution >= 0.6 is 0 Å². The highest BCUT2D eigenvalue weighted by atomic mass is 19.4. The highest BCUT2D eigenvalue weighted by Gasteiger charge is 2.30. The van der Waals surface area contributed by atoms with Gasteiger partial charge in [-0.25, -0.2) is 0 Å². The molecule has 3 rings (SSSR count). The minimum atomic E-state index is -4.38. The summed E-state index contributed by atoms with van der Waals surface area (Å²) in [5.41, 5.74) is 6.98. The molecule has 0 saturated heterocycles. The number of hydrogen-bond donors (Lipinski definition) is 3. The van der Waals surface area contributed by atoms with E-state index >= 15 is 0 Å². The van der Waals surface area contributed by atoms with Crippen molar-refractivity contribution in [2.24, 2.45) is 11.7 Å². The first-order valence-corrected chi connectivity index (χ1v) is 11.7. The fourth-order valence-corrected chi connectivity index (χ4v) is 3.66. The Hall–Kier alpha value is -3.85. The molecule has 0 aromatic heterocycles. The topological polar surface area (TPSA) is 102 Å². The summed E-state index contributed by atoms with van der Waals surface area (Å²) in [5.74, 6) is -0.524. The van der Waals surface area contributed by atoms with E-state index in [-0.39, 0.29) is 12.6 Å². The molecule has 3 aromatic carbocycles. The zero-order valence-corrected chi connectivity index (χ0v) is 20.5. The zero-order valence-electron chi connectivity index (χ0n) is 20.5. The van der Waals surface area contributed by atoms with E-state index in [1.54, 1.807) is 24.3 Å². The van der Waals surface area contributed by atoms with Crippen molar-refractivity contribution < 1.29 is 32.6 Å². The number of benzene rings is 3. The van der Waals surface area contributed by atoms with Crippen LogP contribution in [0.1, 0.15) is 47.9 Å². The van der Waals surface area contributed by atoms with Crippen molar-refractivity contribution in [1.29, 1.82) is 0 Å². The number of alkyl halides is 3.